The maximum absolute atomic E-state index is 12.2. The van der Waals surface area contributed by atoms with Gasteiger partial charge in [-0.1, -0.05) is 24.3 Å². The third kappa shape index (κ3) is 3.72. The number of hydrogen-bond donors (Lipinski definition) is 3. The van der Waals surface area contributed by atoms with E-state index in [9.17, 15) is 14.4 Å². The average molecular weight is 303 g/mol. The maximum atomic E-state index is 12.2. The molecule has 1 aliphatic carbocycles. The van der Waals surface area contributed by atoms with Crippen molar-refractivity contribution in [3.63, 3.8) is 0 Å². The van der Waals surface area contributed by atoms with E-state index in [-0.39, 0.29) is 18.0 Å². The molecule has 1 aromatic rings. The summed E-state index contributed by atoms with van der Waals surface area (Å²) >= 11 is 0. The Bertz CT molecular complexity index is 605. The van der Waals surface area contributed by atoms with Gasteiger partial charge in [0.15, 0.2) is 0 Å². The van der Waals surface area contributed by atoms with Gasteiger partial charge >= 0.3 is 11.9 Å². The largest absolute Gasteiger partial charge is 0.481 e. The van der Waals surface area contributed by atoms with Gasteiger partial charge < -0.3 is 15.5 Å². The van der Waals surface area contributed by atoms with Crippen molar-refractivity contribution in [2.45, 2.75) is 19.4 Å². The molecule has 22 heavy (non-hydrogen) atoms. The summed E-state index contributed by atoms with van der Waals surface area (Å²) < 4.78 is 0. The summed E-state index contributed by atoms with van der Waals surface area (Å²) in [6.45, 7) is 0.241. The van der Waals surface area contributed by atoms with E-state index in [2.05, 4.69) is 5.32 Å². The van der Waals surface area contributed by atoms with Crippen molar-refractivity contribution in [3.05, 3.63) is 47.5 Å². The predicted molar refractivity (Wildman–Crippen MR) is 78.2 cm³/mol. The maximum Gasteiger partial charge on any atom is 0.335 e. The van der Waals surface area contributed by atoms with Gasteiger partial charge in [-0.25, -0.2) is 4.79 Å². The highest BCUT2D eigenvalue weighted by molar-refractivity contribution is 5.87. The smallest absolute Gasteiger partial charge is 0.335 e. The van der Waals surface area contributed by atoms with Crippen molar-refractivity contribution < 1.29 is 24.6 Å². The lowest BCUT2D eigenvalue weighted by atomic mass is 9.82. The van der Waals surface area contributed by atoms with Crippen LogP contribution in [0.25, 0.3) is 0 Å². The van der Waals surface area contributed by atoms with Crippen molar-refractivity contribution in [2.24, 2.45) is 11.8 Å². The topological polar surface area (TPSA) is 104 Å². The number of carboxylic acids is 2. The summed E-state index contributed by atoms with van der Waals surface area (Å²) in [5.74, 6) is -3.52. The second kappa shape index (κ2) is 6.89. The molecular formula is C16H17NO5. The summed E-state index contributed by atoms with van der Waals surface area (Å²) in [5.41, 5.74) is 0.940. The van der Waals surface area contributed by atoms with Crippen molar-refractivity contribution in [2.75, 3.05) is 0 Å². The number of aliphatic carboxylic acids is 1. The van der Waals surface area contributed by atoms with E-state index in [1.54, 1.807) is 18.2 Å². The number of carboxylic acid groups (broad SMARTS) is 2. The minimum Gasteiger partial charge on any atom is -0.481 e. The van der Waals surface area contributed by atoms with Crippen LogP contribution < -0.4 is 5.32 Å². The van der Waals surface area contributed by atoms with Gasteiger partial charge in [-0.3, -0.25) is 9.59 Å². The molecule has 0 unspecified atom stereocenters. The van der Waals surface area contributed by atoms with E-state index in [1.807, 2.05) is 6.08 Å². The van der Waals surface area contributed by atoms with Crippen molar-refractivity contribution in [3.8, 4) is 0 Å². The van der Waals surface area contributed by atoms with Gasteiger partial charge in [0.05, 0.1) is 17.4 Å². The van der Waals surface area contributed by atoms with Gasteiger partial charge in [0, 0.05) is 6.54 Å². The molecule has 1 amide bonds. The molecule has 2 atom stereocenters. The Hall–Kier alpha value is -2.63. The number of rotatable bonds is 5. The SMILES string of the molecule is O=C(O)c1ccc(CNC(=O)[C@H]2CC=CC[C@H]2C(=O)O)cc1. The molecule has 0 radical (unpaired) electrons. The van der Waals surface area contributed by atoms with Crippen LogP contribution in [0.2, 0.25) is 0 Å². The van der Waals surface area contributed by atoms with Crippen LogP contribution in [0.3, 0.4) is 0 Å². The Balaban J connectivity index is 1.95. The minimum absolute atomic E-state index is 0.179. The molecule has 0 heterocycles. The van der Waals surface area contributed by atoms with Crippen LogP contribution in [0, 0.1) is 11.8 Å². The molecule has 0 aromatic heterocycles. The third-order valence-electron chi connectivity index (χ3n) is 3.75. The van der Waals surface area contributed by atoms with E-state index >= 15 is 0 Å². The molecule has 1 aliphatic rings. The van der Waals surface area contributed by atoms with Gasteiger partial charge in [-0.2, -0.15) is 0 Å². The molecule has 1 aromatic carbocycles. The normalized spacial score (nSPS) is 20.4. The average Bonchev–Trinajstić information content (AvgIpc) is 2.53. The van der Waals surface area contributed by atoms with E-state index in [4.69, 9.17) is 10.2 Å². The number of carbonyl (C=O) groups excluding carboxylic acids is 1. The Morgan fingerprint density at radius 3 is 2.14 bits per heavy atom. The highest BCUT2D eigenvalue weighted by atomic mass is 16.4. The van der Waals surface area contributed by atoms with Crippen LogP contribution in [0.1, 0.15) is 28.8 Å². The first-order valence-electron chi connectivity index (χ1n) is 6.97. The summed E-state index contributed by atoms with van der Waals surface area (Å²) in [5, 5.41) is 20.7. The number of aromatic carboxylic acids is 1. The Labute approximate surface area is 127 Å². The number of allylic oxidation sites excluding steroid dienone is 2. The summed E-state index contributed by atoms with van der Waals surface area (Å²) in [7, 11) is 0. The molecule has 0 saturated heterocycles. The van der Waals surface area contributed by atoms with Crippen LogP contribution >= 0.6 is 0 Å². The third-order valence-corrected chi connectivity index (χ3v) is 3.75. The number of carbonyl (C=O) groups is 3. The lowest BCUT2D eigenvalue weighted by Gasteiger charge is -2.24. The zero-order chi connectivity index (χ0) is 16.1. The highest BCUT2D eigenvalue weighted by Gasteiger charge is 2.33. The lowest BCUT2D eigenvalue weighted by Crippen LogP contribution is -2.38. The molecule has 0 fully saturated rings. The standard InChI is InChI=1S/C16H17NO5/c18-14(12-3-1-2-4-13(12)16(21)22)17-9-10-5-7-11(8-6-10)15(19)20/h1-2,5-8,12-13H,3-4,9H2,(H,17,18)(H,19,20)(H,21,22)/t12-,13+/m0/s1. The number of benzene rings is 1. The van der Waals surface area contributed by atoms with Crippen LogP contribution in [0.4, 0.5) is 0 Å². The van der Waals surface area contributed by atoms with Crippen LogP contribution in [0.5, 0.6) is 0 Å². The summed E-state index contributed by atoms with van der Waals surface area (Å²) in [4.78, 5) is 34.1. The van der Waals surface area contributed by atoms with E-state index in [1.165, 1.54) is 12.1 Å². The first-order valence-corrected chi connectivity index (χ1v) is 6.97. The number of hydrogen-bond acceptors (Lipinski definition) is 3. The second-order valence-electron chi connectivity index (χ2n) is 5.21. The fourth-order valence-electron chi connectivity index (χ4n) is 2.46. The molecular weight excluding hydrogens is 286 g/mol. The summed E-state index contributed by atoms with van der Waals surface area (Å²) in [6.07, 6.45) is 4.39. The number of amides is 1. The van der Waals surface area contributed by atoms with Gasteiger partial charge in [-0.15, -0.1) is 0 Å². The van der Waals surface area contributed by atoms with Gasteiger partial charge in [0.25, 0.3) is 0 Å². The monoisotopic (exact) mass is 303 g/mol. The van der Waals surface area contributed by atoms with Crippen molar-refractivity contribution in [1.82, 2.24) is 5.32 Å². The van der Waals surface area contributed by atoms with Gasteiger partial charge in [0.2, 0.25) is 5.91 Å². The molecule has 0 spiro atoms. The Morgan fingerprint density at radius 1 is 1.00 bits per heavy atom. The highest BCUT2D eigenvalue weighted by Crippen LogP contribution is 2.26. The first-order chi connectivity index (χ1) is 10.5. The van der Waals surface area contributed by atoms with Crippen LogP contribution in [0.15, 0.2) is 36.4 Å². The molecule has 3 N–H and O–H groups in total. The zero-order valence-electron chi connectivity index (χ0n) is 11.9. The van der Waals surface area contributed by atoms with Crippen LogP contribution in [-0.2, 0) is 16.1 Å². The van der Waals surface area contributed by atoms with E-state index in [0.717, 1.165) is 5.56 Å². The lowest BCUT2D eigenvalue weighted by molar-refractivity contribution is -0.147. The quantitative estimate of drug-likeness (QED) is 0.718. The molecule has 0 saturated carbocycles. The minimum atomic E-state index is -1.01. The van der Waals surface area contributed by atoms with Crippen molar-refractivity contribution >= 4 is 17.8 Å². The van der Waals surface area contributed by atoms with E-state index in [0.29, 0.717) is 12.8 Å². The Morgan fingerprint density at radius 2 is 1.59 bits per heavy atom. The fourth-order valence-corrected chi connectivity index (χ4v) is 2.46. The number of nitrogens with one attached hydrogen (secondary N) is 1. The predicted octanol–water partition coefficient (Wildman–Crippen LogP) is 1.67. The second-order valence-corrected chi connectivity index (χ2v) is 5.21. The first kappa shape index (κ1) is 15.8. The molecule has 0 bridgehead atoms. The van der Waals surface area contributed by atoms with Gasteiger partial charge in [-0.05, 0) is 30.5 Å². The zero-order valence-corrected chi connectivity index (χ0v) is 11.9. The molecule has 0 aliphatic heterocycles. The van der Waals surface area contributed by atoms with Gasteiger partial charge in [0.1, 0.15) is 0 Å². The summed E-state index contributed by atoms with van der Waals surface area (Å²) in [6, 6.07) is 6.18. The van der Waals surface area contributed by atoms with E-state index < -0.39 is 23.8 Å². The van der Waals surface area contributed by atoms with Crippen molar-refractivity contribution in [1.29, 1.82) is 0 Å². The van der Waals surface area contributed by atoms with Crippen LogP contribution in [-0.4, -0.2) is 28.1 Å². The molecule has 116 valence electrons. The molecule has 6 heteroatoms. The molecule has 2 rings (SSSR count). The molecule has 6 nitrogen and oxygen atoms in total. The Kier molecular flexibility index (Phi) is 4.93. The fraction of sp³-hybridized carbons (Fsp3) is 0.312.